The van der Waals surface area contributed by atoms with Crippen molar-refractivity contribution in [3.8, 4) is 0 Å². The molecule has 1 aromatic rings. The van der Waals surface area contributed by atoms with Gasteiger partial charge in [-0.25, -0.2) is 0 Å². The highest BCUT2D eigenvalue weighted by Crippen LogP contribution is 2.34. The molecule has 0 bridgehead atoms. The van der Waals surface area contributed by atoms with Crippen LogP contribution in [0.15, 0.2) is 36.4 Å². The van der Waals surface area contributed by atoms with Crippen LogP contribution in [0.25, 0.3) is 5.57 Å². The molecular formula is C24H42. The SMILES string of the molecule is C/C=C\C(=C/C)c1cc(C(C)(C)C)ccc1C(C)(C)C.CC.CC. The number of hydrogen-bond acceptors (Lipinski definition) is 0. The Morgan fingerprint density at radius 1 is 0.792 bits per heavy atom. The first kappa shape index (κ1) is 24.9. The van der Waals surface area contributed by atoms with Crippen molar-refractivity contribution < 1.29 is 0 Å². The van der Waals surface area contributed by atoms with E-state index < -0.39 is 0 Å². The third-order valence-electron chi connectivity index (χ3n) is 3.66. The van der Waals surface area contributed by atoms with E-state index in [0.29, 0.717) is 0 Å². The van der Waals surface area contributed by atoms with Crippen molar-refractivity contribution in [2.75, 3.05) is 0 Å². The second-order valence-corrected chi connectivity index (χ2v) is 7.50. The summed E-state index contributed by atoms with van der Waals surface area (Å²) in [5.41, 5.74) is 5.82. The van der Waals surface area contributed by atoms with Gasteiger partial charge in [-0.1, -0.05) is 106 Å². The van der Waals surface area contributed by atoms with Crippen LogP contribution in [0.5, 0.6) is 0 Å². The highest BCUT2D eigenvalue weighted by atomic mass is 14.3. The Balaban J connectivity index is 0. The smallest absolute Gasteiger partial charge is 0.0126 e. The van der Waals surface area contributed by atoms with Gasteiger partial charge in [0.05, 0.1) is 0 Å². The van der Waals surface area contributed by atoms with Crippen LogP contribution >= 0.6 is 0 Å². The van der Waals surface area contributed by atoms with E-state index in [9.17, 15) is 0 Å². The maximum atomic E-state index is 2.37. The molecule has 0 fully saturated rings. The number of benzene rings is 1. The fraction of sp³-hybridized carbons (Fsp3) is 0.583. The largest absolute Gasteiger partial charge is 0.0871 e. The molecule has 0 N–H and O–H groups in total. The molecule has 0 spiro atoms. The summed E-state index contributed by atoms with van der Waals surface area (Å²) in [5, 5.41) is 0. The van der Waals surface area contributed by atoms with Gasteiger partial charge in [-0.05, 0) is 46.9 Å². The molecule has 0 nitrogen and oxygen atoms in total. The Kier molecular flexibility index (Phi) is 11.7. The van der Waals surface area contributed by atoms with Gasteiger partial charge in [0.2, 0.25) is 0 Å². The first-order valence-corrected chi connectivity index (χ1v) is 9.55. The van der Waals surface area contributed by atoms with E-state index in [0.717, 1.165) is 0 Å². The molecule has 0 aliphatic heterocycles. The third kappa shape index (κ3) is 7.51. The summed E-state index contributed by atoms with van der Waals surface area (Å²) >= 11 is 0. The van der Waals surface area contributed by atoms with Gasteiger partial charge in [0.15, 0.2) is 0 Å². The van der Waals surface area contributed by atoms with Gasteiger partial charge in [0.25, 0.3) is 0 Å². The van der Waals surface area contributed by atoms with Crippen LogP contribution in [-0.2, 0) is 10.8 Å². The summed E-state index contributed by atoms with van der Waals surface area (Å²) in [6, 6.07) is 6.96. The predicted octanol–water partition coefficient (Wildman–Crippen LogP) is 8.31. The Bertz CT molecular complexity index is 514. The van der Waals surface area contributed by atoms with Crippen molar-refractivity contribution in [3.05, 3.63) is 53.1 Å². The lowest BCUT2D eigenvalue weighted by Gasteiger charge is -2.27. The van der Waals surface area contributed by atoms with Gasteiger partial charge in [0.1, 0.15) is 0 Å². The van der Waals surface area contributed by atoms with Gasteiger partial charge in [-0.3, -0.25) is 0 Å². The van der Waals surface area contributed by atoms with Gasteiger partial charge >= 0.3 is 0 Å². The highest BCUT2D eigenvalue weighted by Gasteiger charge is 2.22. The van der Waals surface area contributed by atoms with Crippen LogP contribution in [0.2, 0.25) is 0 Å². The minimum absolute atomic E-state index is 0.154. The molecule has 0 aliphatic carbocycles. The van der Waals surface area contributed by atoms with E-state index in [2.05, 4.69) is 91.8 Å². The predicted molar refractivity (Wildman–Crippen MR) is 115 cm³/mol. The fourth-order valence-corrected chi connectivity index (χ4v) is 2.42. The van der Waals surface area contributed by atoms with E-state index in [-0.39, 0.29) is 10.8 Å². The van der Waals surface area contributed by atoms with Crippen molar-refractivity contribution in [2.24, 2.45) is 0 Å². The number of rotatable bonds is 2. The van der Waals surface area contributed by atoms with E-state index in [1.807, 2.05) is 27.7 Å². The quantitative estimate of drug-likeness (QED) is 0.478. The zero-order valence-corrected chi connectivity index (χ0v) is 18.5. The van der Waals surface area contributed by atoms with Crippen LogP contribution in [0.4, 0.5) is 0 Å². The first-order valence-electron chi connectivity index (χ1n) is 9.55. The highest BCUT2D eigenvalue weighted by molar-refractivity contribution is 5.77. The van der Waals surface area contributed by atoms with E-state index >= 15 is 0 Å². The Hall–Kier alpha value is -1.30. The molecule has 0 amide bonds. The Labute approximate surface area is 153 Å². The molecule has 1 aromatic carbocycles. The molecule has 0 aromatic heterocycles. The van der Waals surface area contributed by atoms with Gasteiger partial charge in [0, 0.05) is 0 Å². The monoisotopic (exact) mass is 330 g/mol. The minimum atomic E-state index is 0.154. The molecular weight excluding hydrogens is 288 g/mol. The molecule has 1 rings (SSSR count). The summed E-state index contributed by atoms with van der Waals surface area (Å²) < 4.78 is 0. The molecule has 24 heavy (non-hydrogen) atoms. The Morgan fingerprint density at radius 2 is 1.29 bits per heavy atom. The molecule has 0 radical (unpaired) electrons. The average molecular weight is 331 g/mol. The summed E-state index contributed by atoms with van der Waals surface area (Å²) in [7, 11) is 0. The van der Waals surface area contributed by atoms with Crippen molar-refractivity contribution in [1.82, 2.24) is 0 Å². The van der Waals surface area contributed by atoms with Crippen LogP contribution in [-0.4, -0.2) is 0 Å². The zero-order valence-electron chi connectivity index (χ0n) is 18.5. The molecule has 0 aliphatic rings. The molecule has 0 saturated heterocycles. The summed E-state index contributed by atoms with van der Waals surface area (Å²) in [6.45, 7) is 25.9. The molecule has 0 heterocycles. The standard InChI is InChI=1S/C20H30.2C2H6/c1-9-11-15(10-2)17-14-16(19(3,4)5)12-13-18(17)20(6,7)8;2*1-2/h9-14H,1-8H3;2*1-2H3/b11-9-,15-10+;;. The lowest BCUT2D eigenvalue weighted by atomic mass is 9.77. The Morgan fingerprint density at radius 3 is 1.62 bits per heavy atom. The molecule has 0 heteroatoms. The molecule has 138 valence electrons. The number of allylic oxidation sites excluding steroid dienone is 4. The maximum absolute atomic E-state index is 2.37. The van der Waals surface area contributed by atoms with Crippen LogP contribution in [0.3, 0.4) is 0 Å². The molecule has 0 atom stereocenters. The normalized spacial score (nSPS) is 12.2. The van der Waals surface area contributed by atoms with E-state index in [4.69, 9.17) is 0 Å². The van der Waals surface area contributed by atoms with E-state index in [1.54, 1.807) is 0 Å². The van der Waals surface area contributed by atoms with Crippen LogP contribution in [0.1, 0.15) is 99.8 Å². The van der Waals surface area contributed by atoms with Crippen molar-refractivity contribution in [1.29, 1.82) is 0 Å². The summed E-state index contributed by atoms with van der Waals surface area (Å²) in [5.74, 6) is 0. The van der Waals surface area contributed by atoms with Gasteiger partial charge < -0.3 is 0 Å². The van der Waals surface area contributed by atoms with Crippen LogP contribution < -0.4 is 0 Å². The van der Waals surface area contributed by atoms with Crippen molar-refractivity contribution in [3.63, 3.8) is 0 Å². The van der Waals surface area contributed by atoms with Gasteiger partial charge in [-0.15, -0.1) is 0 Å². The van der Waals surface area contributed by atoms with E-state index in [1.165, 1.54) is 22.3 Å². The lowest BCUT2D eigenvalue weighted by Crippen LogP contribution is -2.17. The average Bonchev–Trinajstić information content (AvgIpc) is 2.54. The topological polar surface area (TPSA) is 0 Å². The number of hydrogen-bond donors (Lipinski definition) is 0. The first-order chi connectivity index (χ1) is 11.1. The lowest BCUT2D eigenvalue weighted by molar-refractivity contribution is 0.575. The van der Waals surface area contributed by atoms with Crippen molar-refractivity contribution in [2.45, 2.75) is 93.9 Å². The molecule has 0 unspecified atom stereocenters. The zero-order chi connectivity index (χ0) is 19.6. The van der Waals surface area contributed by atoms with Gasteiger partial charge in [-0.2, -0.15) is 0 Å². The maximum Gasteiger partial charge on any atom is -0.0126 e. The minimum Gasteiger partial charge on any atom is -0.0871 e. The molecule has 0 saturated carbocycles. The van der Waals surface area contributed by atoms with Crippen molar-refractivity contribution >= 4 is 5.57 Å². The fourth-order valence-electron chi connectivity index (χ4n) is 2.42. The third-order valence-corrected chi connectivity index (χ3v) is 3.66. The van der Waals surface area contributed by atoms with Crippen LogP contribution in [0, 0.1) is 0 Å². The second-order valence-electron chi connectivity index (χ2n) is 7.50. The second kappa shape index (κ2) is 11.3. The summed E-state index contributed by atoms with van der Waals surface area (Å²) in [4.78, 5) is 0. The summed E-state index contributed by atoms with van der Waals surface area (Å²) in [6.07, 6.45) is 6.53.